The van der Waals surface area contributed by atoms with Crippen molar-refractivity contribution in [1.82, 2.24) is 10.3 Å². The van der Waals surface area contributed by atoms with E-state index in [9.17, 15) is 14.7 Å². The first kappa shape index (κ1) is 21.2. The Labute approximate surface area is 152 Å². The number of carbonyl (C=O) groups excluding carboxylic acids is 2. The summed E-state index contributed by atoms with van der Waals surface area (Å²) < 4.78 is 0. The van der Waals surface area contributed by atoms with Gasteiger partial charge in [0.05, 0.1) is 0 Å². The molecular weight excluding hydrogens is 338 g/mol. The van der Waals surface area contributed by atoms with Crippen LogP contribution in [-0.4, -0.2) is 53.6 Å². The molecule has 0 bridgehead atoms. The summed E-state index contributed by atoms with van der Waals surface area (Å²) in [6.45, 7) is 0.368. The fourth-order valence-corrected chi connectivity index (χ4v) is 2.37. The highest BCUT2D eigenvalue weighted by Crippen LogP contribution is 2.12. The number of benzene rings is 1. The van der Waals surface area contributed by atoms with E-state index < -0.39 is 23.9 Å². The first-order chi connectivity index (χ1) is 12.2. The molecule has 0 fully saturated rings. The van der Waals surface area contributed by atoms with Crippen LogP contribution in [-0.2, 0) is 16.0 Å². The van der Waals surface area contributed by atoms with Crippen molar-refractivity contribution in [3.63, 3.8) is 0 Å². The van der Waals surface area contributed by atoms with Crippen molar-refractivity contribution in [3.8, 4) is 5.75 Å². The summed E-state index contributed by atoms with van der Waals surface area (Å²) in [7, 11) is 1.56. The minimum absolute atomic E-state index is 0.0187. The van der Waals surface area contributed by atoms with Gasteiger partial charge < -0.3 is 27.6 Å². The molecule has 0 aromatic heterocycles. The largest absolute Gasteiger partial charge is 0.508 e. The molecule has 0 aliphatic heterocycles. The summed E-state index contributed by atoms with van der Waals surface area (Å²) in [5.41, 5.74) is 16.7. The molecule has 1 aromatic rings. The van der Waals surface area contributed by atoms with E-state index in [0.29, 0.717) is 19.4 Å². The van der Waals surface area contributed by atoms with Crippen LogP contribution >= 0.6 is 0 Å². The zero-order chi connectivity index (χ0) is 19.7. The van der Waals surface area contributed by atoms with E-state index in [4.69, 9.17) is 23.0 Å². The minimum Gasteiger partial charge on any atom is -0.508 e. The molecule has 0 radical (unpaired) electrons. The Morgan fingerprint density at radius 3 is 2.35 bits per heavy atom. The van der Waals surface area contributed by atoms with E-state index in [-0.39, 0.29) is 18.1 Å². The maximum absolute atomic E-state index is 12.5. The number of hydrogen-bond acceptors (Lipinski definition) is 6. The molecule has 0 saturated heterocycles. The SMILES string of the molecule is CN(N)[C@@H](CCCN=C(N)N)C(=O)NC(Cc1ccc(O)cc1)C(N)=O. The maximum atomic E-state index is 12.5. The molecule has 10 nitrogen and oxygen atoms in total. The van der Waals surface area contributed by atoms with E-state index >= 15 is 0 Å². The minimum atomic E-state index is -0.896. The number of phenolic OH excluding ortho intramolecular Hbond substituents is 1. The van der Waals surface area contributed by atoms with E-state index in [1.54, 1.807) is 19.2 Å². The first-order valence-corrected chi connectivity index (χ1v) is 8.11. The normalized spacial score (nSPS) is 13.0. The van der Waals surface area contributed by atoms with Crippen LogP contribution in [0.5, 0.6) is 5.75 Å². The van der Waals surface area contributed by atoms with Gasteiger partial charge >= 0.3 is 0 Å². The third kappa shape index (κ3) is 7.36. The Morgan fingerprint density at radius 2 is 1.85 bits per heavy atom. The summed E-state index contributed by atoms with van der Waals surface area (Å²) in [4.78, 5) is 28.1. The third-order valence-electron chi connectivity index (χ3n) is 3.76. The highest BCUT2D eigenvalue weighted by molar-refractivity contribution is 5.89. The van der Waals surface area contributed by atoms with Crippen molar-refractivity contribution >= 4 is 17.8 Å². The number of guanidine groups is 1. The van der Waals surface area contributed by atoms with Crippen LogP contribution in [0.25, 0.3) is 0 Å². The fraction of sp³-hybridized carbons (Fsp3) is 0.438. The van der Waals surface area contributed by atoms with Gasteiger partial charge in [-0.15, -0.1) is 0 Å². The van der Waals surface area contributed by atoms with Gasteiger partial charge in [-0.1, -0.05) is 12.1 Å². The van der Waals surface area contributed by atoms with Gasteiger partial charge in [-0.25, -0.2) is 5.01 Å². The Kier molecular flexibility index (Phi) is 8.32. The number of primary amides is 1. The number of carbonyl (C=O) groups is 2. The van der Waals surface area contributed by atoms with Crippen LogP contribution in [0.1, 0.15) is 18.4 Å². The van der Waals surface area contributed by atoms with Crippen molar-refractivity contribution in [2.75, 3.05) is 13.6 Å². The number of aromatic hydroxyl groups is 1. The van der Waals surface area contributed by atoms with Crippen LogP contribution in [0.4, 0.5) is 0 Å². The summed E-state index contributed by atoms with van der Waals surface area (Å²) in [6.07, 6.45) is 1.15. The van der Waals surface area contributed by atoms with E-state index in [1.165, 1.54) is 17.1 Å². The number of hydrogen-bond donors (Lipinski definition) is 6. The number of hydrazine groups is 1. The van der Waals surface area contributed by atoms with Crippen molar-refractivity contribution in [2.24, 2.45) is 28.0 Å². The lowest BCUT2D eigenvalue weighted by molar-refractivity contribution is -0.130. The number of likely N-dealkylation sites (N-methyl/N-ethyl adjacent to an activating group) is 1. The molecule has 26 heavy (non-hydrogen) atoms. The van der Waals surface area contributed by atoms with Crippen LogP contribution in [0, 0.1) is 0 Å². The van der Waals surface area contributed by atoms with Crippen LogP contribution < -0.4 is 28.4 Å². The summed E-state index contributed by atoms with van der Waals surface area (Å²) in [6, 6.07) is 4.74. The second-order valence-electron chi connectivity index (χ2n) is 5.96. The zero-order valence-corrected chi connectivity index (χ0v) is 14.8. The van der Waals surface area contributed by atoms with Gasteiger partial charge in [-0.2, -0.15) is 0 Å². The zero-order valence-electron chi connectivity index (χ0n) is 14.8. The molecule has 0 aliphatic carbocycles. The third-order valence-corrected chi connectivity index (χ3v) is 3.76. The Hall–Kier alpha value is -2.85. The van der Waals surface area contributed by atoms with Crippen LogP contribution in [0.15, 0.2) is 29.3 Å². The van der Waals surface area contributed by atoms with Gasteiger partial charge in [-0.05, 0) is 30.5 Å². The lowest BCUT2D eigenvalue weighted by Gasteiger charge is -2.25. The number of nitrogens with two attached hydrogens (primary N) is 4. The molecule has 10 heteroatoms. The predicted octanol–water partition coefficient (Wildman–Crippen LogP) is -1.87. The van der Waals surface area contributed by atoms with Crippen molar-refractivity contribution < 1.29 is 14.7 Å². The van der Waals surface area contributed by atoms with E-state index in [2.05, 4.69) is 10.3 Å². The molecule has 144 valence electrons. The lowest BCUT2D eigenvalue weighted by atomic mass is 10.0. The summed E-state index contributed by atoms with van der Waals surface area (Å²) in [5.74, 6) is 4.76. The highest BCUT2D eigenvalue weighted by Gasteiger charge is 2.26. The Balaban J connectivity index is 2.71. The molecule has 10 N–H and O–H groups in total. The highest BCUT2D eigenvalue weighted by atomic mass is 16.3. The molecule has 1 aromatic carbocycles. The maximum Gasteiger partial charge on any atom is 0.240 e. The Bertz CT molecular complexity index is 627. The topological polar surface area (TPSA) is 186 Å². The number of aliphatic imine (C=N–C) groups is 1. The smallest absolute Gasteiger partial charge is 0.240 e. The average molecular weight is 365 g/mol. The molecule has 0 saturated carbocycles. The molecule has 0 aliphatic rings. The molecule has 2 amide bonds. The molecule has 1 unspecified atom stereocenters. The van der Waals surface area contributed by atoms with Crippen molar-refractivity contribution in [2.45, 2.75) is 31.3 Å². The second-order valence-corrected chi connectivity index (χ2v) is 5.96. The quantitative estimate of drug-likeness (QED) is 0.0921. The lowest BCUT2D eigenvalue weighted by Crippen LogP contribution is -2.54. The van der Waals surface area contributed by atoms with Gasteiger partial charge in [0.1, 0.15) is 17.8 Å². The Morgan fingerprint density at radius 1 is 1.23 bits per heavy atom. The summed E-state index contributed by atoms with van der Waals surface area (Å²) in [5, 5.41) is 13.2. The molecule has 0 spiro atoms. The van der Waals surface area contributed by atoms with Crippen molar-refractivity contribution in [1.29, 1.82) is 0 Å². The monoisotopic (exact) mass is 365 g/mol. The first-order valence-electron chi connectivity index (χ1n) is 8.11. The summed E-state index contributed by atoms with van der Waals surface area (Å²) >= 11 is 0. The number of nitrogens with zero attached hydrogens (tertiary/aromatic N) is 2. The second kappa shape index (κ2) is 10.2. The van der Waals surface area contributed by atoms with E-state index in [1.807, 2.05) is 0 Å². The molecule has 2 atom stereocenters. The average Bonchev–Trinajstić information content (AvgIpc) is 2.55. The number of nitrogens with one attached hydrogen (secondary N) is 1. The van der Waals surface area contributed by atoms with Crippen molar-refractivity contribution in [3.05, 3.63) is 29.8 Å². The molecule has 1 rings (SSSR count). The molecular formula is C16H27N7O3. The number of phenols is 1. The fourth-order valence-electron chi connectivity index (χ4n) is 2.37. The van der Waals surface area contributed by atoms with Crippen LogP contribution in [0.2, 0.25) is 0 Å². The van der Waals surface area contributed by atoms with Gasteiger partial charge in [0.15, 0.2) is 5.96 Å². The van der Waals surface area contributed by atoms with Gasteiger partial charge in [0.25, 0.3) is 0 Å². The number of amides is 2. The number of rotatable bonds is 10. The van der Waals surface area contributed by atoms with Gasteiger partial charge in [-0.3, -0.25) is 20.4 Å². The standard InChI is InChI=1S/C16H27N7O3/c1-23(20)13(3-2-8-21-16(18)19)15(26)22-12(14(17)25)9-10-4-6-11(24)7-5-10/h4-7,12-13,24H,2-3,8-9,20H2,1H3,(H2,17,25)(H,22,26)(H4,18,19,21)/t12?,13-/m0/s1. The van der Waals surface area contributed by atoms with E-state index in [0.717, 1.165) is 5.56 Å². The molecule has 0 heterocycles. The van der Waals surface area contributed by atoms with Gasteiger partial charge in [0.2, 0.25) is 11.8 Å². The van der Waals surface area contributed by atoms with Gasteiger partial charge in [0, 0.05) is 20.0 Å². The predicted molar refractivity (Wildman–Crippen MR) is 98.6 cm³/mol. The van der Waals surface area contributed by atoms with Crippen LogP contribution in [0.3, 0.4) is 0 Å².